The molecule has 1 atom stereocenters. The molecule has 24 heavy (non-hydrogen) atoms. The molecule has 0 spiro atoms. The number of methoxy groups -OCH3 is 1. The minimum absolute atomic E-state index is 0.333. The summed E-state index contributed by atoms with van der Waals surface area (Å²) in [7, 11) is 1.37. The zero-order chi connectivity index (χ0) is 17.5. The Bertz CT molecular complexity index is 626. The first-order valence-corrected chi connectivity index (χ1v) is 8.57. The molecule has 0 aliphatic carbocycles. The number of rotatable bonds is 7. The van der Waals surface area contributed by atoms with E-state index in [0.717, 1.165) is 24.3 Å². The molecule has 0 amide bonds. The van der Waals surface area contributed by atoms with Gasteiger partial charge in [-0.3, -0.25) is 0 Å². The smallest absolute Gasteiger partial charge is 0.337 e. The quantitative estimate of drug-likeness (QED) is 0.448. The third-order valence-electron chi connectivity index (χ3n) is 3.90. The van der Waals surface area contributed by atoms with Crippen LogP contribution in [0, 0.1) is 0 Å². The van der Waals surface area contributed by atoms with Gasteiger partial charge in [0.05, 0.1) is 25.3 Å². The second kappa shape index (κ2) is 8.68. The van der Waals surface area contributed by atoms with E-state index in [2.05, 4.69) is 17.6 Å². The van der Waals surface area contributed by atoms with Crippen LogP contribution in [0.3, 0.4) is 0 Å². The molecule has 1 heterocycles. The maximum absolute atomic E-state index is 12.1. The first-order valence-electron chi connectivity index (χ1n) is 8.16. The van der Waals surface area contributed by atoms with E-state index in [-0.39, 0.29) is 12.0 Å². The highest BCUT2D eigenvalue weighted by molar-refractivity contribution is 7.80. The highest BCUT2D eigenvalue weighted by atomic mass is 32.1. The number of hydrogen-bond donors (Lipinski definition) is 2. The van der Waals surface area contributed by atoms with Gasteiger partial charge in [-0.2, -0.15) is 0 Å². The minimum Gasteiger partial charge on any atom is -0.494 e. The Morgan fingerprint density at radius 2 is 1.96 bits per heavy atom. The van der Waals surface area contributed by atoms with Crippen LogP contribution in [0.25, 0.3) is 0 Å². The summed E-state index contributed by atoms with van der Waals surface area (Å²) >= 11 is 5.21. The fourth-order valence-electron chi connectivity index (χ4n) is 2.62. The summed E-state index contributed by atoms with van der Waals surface area (Å²) in [6, 6.07) is 7.38. The van der Waals surface area contributed by atoms with E-state index in [0.29, 0.717) is 16.4 Å². The van der Waals surface area contributed by atoms with Crippen LogP contribution in [-0.4, -0.2) is 24.8 Å². The van der Waals surface area contributed by atoms with E-state index < -0.39 is 0 Å². The molecular weight excluding hydrogens is 324 g/mol. The van der Waals surface area contributed by atoms with Crippen LogP contribution in [-0.2, 0) is 9.53 Å². The van der Waals surface area contributed by atoms with Gasteiger partial charge < -0.3 is 20.1 Å². The van der Waals surface area contributed by atoms with Gasteiger partial charge in [-0.25, -0.2) is 4.79 Å². The average molecular weight is 348 g/mol. The van der Waals surface area contributed by atoms with Crippen LogP contribution in [0.1, 0.15) is 44.7 Å². The molecule has 2 rings (SSSR count). The first-order chi connectivity index (χ1) is 11.6. The second-order valence-electron chi connectivity index (χ2n) is 5.69. The summed E-state index contributed by atoms with van der Waals surface area (Å²) in [5.41, 5.74) is 2.16. The topological polar surface area (TPSA) is 59.6 Å². The number of ether oxygens (including phenoxy) is 2. The molecule has 0 fully saturated rings. The van der Waals surface area contributed by atoms with Crippen molar-refractivity contribution < 1.29 is 14.3 Å². The lowest BCUT2D eigenvalue weighted by molar-refractivity contribution is -0.136. The Balaban J connectivity index is 2.15. The van der Waals surface area contributed by atoms with Crippen molar-refractivity contribution in [1.82, 2.24) is 10.6 Å². The fourth-order valence-corrected chi connectivity index (χ4v) is 2.89. The zero-order valence-corrected chi connectivity index (χ0v) is 15.2. The van der Waals surface area contributed by atoms with Crippen molar-refractivity contribution in [3.8, 4) is 5.75 Å². The number of unbranched alkanes of at least 4 members (excludes halogenated alkanes) is 2. The second-order valence-corrected chi connectivity index (χ2v) is 6.09. The molecule has 5 nitrogen and oxygen atoms in total. The number of nitrogens with one attached hydrogen (secondary N) is 2. The van der Waals surface area contributed by atoms with Crippen molar-refractivity contribution in [3.63, 3.8) is 0 Å². The van der Waals surface area contributed by atoms with E-state index in [4.69, 9.17) is 21.7 Å². The normalized spacial score (nSPS) is 17.1. The van der Waals surface area contributed by atoms with Crippen molar-refractivity contribution >= 4 is 23.3 Å². The van der Waals surface area contributed by atoms with E-state index in [1.807, 2.05) is 31.2 Å². The van der Waals surface area contributed by atoms with Gasteiger partial charge in [0, 0.05) is 5.70 Å². The van der Waals surface area contributed by atoms with Gasteiger partial charge in [-0.05, 0) is 43.3 Å². The Labute approximate surface area is 148 Å². The van der Waals surface area contributed by atoms with Crippen LogP contribution in [0.2, 0.25) is 0 Å². The van der Waals surface area contributed by atoms with Crippen molar-refractivity contribution in [1.29, 1.82) is 0 Å². The van der Waals surface area contributed by atoms with Gasteiger partial charge in [-0.1, -0.05) is 31.9 Å². The molecule has 130 valence electrons. The molecule has 0 radical (unpaired) electrons. The van der Waals surface area contributed by atoms with Crippen LogP contribution >= 0.6 is 12.2 Å². The lowest BCUT2D eigenvalue weighted by Gasteiger charge is -2.29. The molecule has 0 aromatic heterocycles. The van der Waals surface area contributed by atoms with Gasteiger partial charge in [0.25, 0.3) is 0 Å². The summed E-state index contributed by atoms with van der Waals surface area (Å²) in [6.45, 7) is 4.70. The maximum Gasteiger partial charge on any atom is 0.337 e. The highest BCUT2D eigenvalue weighted by Crippen LogP contribution is 2.28. The number of carbonyl (C=O) groups excluding carboxylic acids is 1. The van der Waals surface area contributed by atoms with Crippen molar-refractivity contribution in [2.24, 2.45) is 0 Å². The van der Waals surface area contributed by atoms with Gasteiger partial charge in [0.2, 0.25) is 0 Å². The van der Waals surface area contributed by atoms with Gasteiger partial charge >= 0.3 is 5.97 Å². The van der Waals surface area contributed by atoms with Crippen LogP contribution in [0.15, 0.2) is 35.5 Å². The predicted molar refractivity (Wildman–Crippen MR) is 97.8 cm³/mol. The predicted octanol–water partition coefficient (Wildman–Crippen LogP) is 3.22. The number of benzene rings is 1. The lowest BCUT2D eigenvalue weighted by Crippen LogP contribution is -2.45. The summed E-state index contributed by atoms with van der Waals surface area (Å²) in [4.78, 5) is 12.1. The Morgan fingerprint density at radius 3 is 2.58 bits per heavy atom. The Hall–Kier alpha value is -2.08. The molecule has 1 aromatic carbocycles. The van der Waals surface area contributed by atoms with Gasteiger partial charge in [0.15, 0.2) is 5.11 Å². The van der Waals surface area contributed by atoms with Crippen molar-refractivity contribution in [2.45, 2.75) is 39.2 Å². The van der Waals surface area contributed by atoms with Crippen LogP contribution < -0.4 is 15.4 Å². The molecule has 6 heteroatoms. The largest absolute Gasteiger partial charge is 0.494 e. The summed E-state index contributed by atoms with van der Waals surface area (Å²) in [5.74, 6) is 0.451. The van der Waals surface area contributed by atoms with E-state index in [1.165, 1.54) is 20.0 Å². The average Bonchev–Trinajstić information content (AvgIpc) is 2.58. The van der Waals surface area contributed by atoms with E-state index >= 15 is 0 Å². The summed E-state index contributed by atoms with van der Waals surface area (Å²) < 4.78 is 10.6. The molecule has 0 unspecified atom stereocenters. The zero-order valence-electron chi connectivity index (χ0n) is 14.3. The number of thiocarbonyl (C=S) groups is 1. The molecule has 0 bridgehead atoms. The van der Waals surface area contributed by atoms with Crippen molar-refractivity contribution in [2.75, 3.05) is 13.7 Å². The molecule has 2 N–H and O–H groups in total. The van der Waals surface area contributed by atoms with E-state index in [9.17, 15) is 4.79 Å². The van der Waals surface area contributed by atoms with Gasteiger partial charge in [0.1, 0.15) is 5.75 Å². The summed E-state index contributed by atoms with van der Waals surface area (Å²) in [6.07, 6.45) is 3.39. The number of carbonyl (C=O) groups is 1. The molecule has 0 saturated heterocycles. The molecular formula is C18H24N2O3S. The third-order valence-corrected chi connectivity index (χ3v) is 4.12. The lowest BCUT2D eigenvalue weighted by atomic mass is 9.95. The third kappa shape index (κ3) is 4.47. The van der Waals surface area contributed by atoms with Crippen LogP contribution in [0.4, 0.5) is 0 Å². The van der Waals surface area contributed by atoms with Gasteiger partial charge in [-0.15, -0.1) is 0 Å². The molecule has 1 aliphatic rings. The number of allylic oxidation sites excluding steroid dienone is 1. The Morgan fingerprint density at radius 1 is 1.25 bits per heavy atom. The molecule has 0 saturated carbocycles. The number of esters is 1. The van der Waals surface area contributed by atoms with E-state index in [1.54, 1.807) is 0 Å². The monoisotopic (exact) mass is 348 g/mol. The van der Waals surface area contributed by atoms with Crippen LogP contribution in [0.5, 0.6) is 5.75 Å². The first kappa shape index (κ1) is 18.3. The number of hydrogen-bond acceptors (Lipinski definition) is 4. The minimum atomic E-state index is -0.375. The summed E-state index contributed by atoms with van der Waals surface area (Å²) in [5, 5.41) is 6.59. The fraction of sp³-hybridized carbons (Fsp3) is 0.444. The Kier molecular flexibility index (Phi) is 6.61. The van der Waals surface area contributed by atoms with Crippen molar-refractivity contribution in [3.05, 3.63) is 41.1 Å². The molecule has 1 aliphatic heterocycles. The SMILES string of the molecule is CCCCCOc1ccc([C@@H]2NC(=S)NC(C)=C2C(=O)OC)cc1. The standard InChI is InChI=1S/C18H24N2O3S/c1-4-5-6-11-23-14-9-7-13(8-10-14)16-15(17(21)22-3)12(2)19-18(24)20-16/h7-10,16H,4-6,11H2,1-3H3,(H2,19,20,24)/t16-/m0/s1. The highest BCUT2D eigenvalue weighted by Gasteiger charge is 2.30. The molecule has 1 aromatic rings. The maximum atomic E-state index is 12.1.